The lowest BCUT2D eigenvalue weighted by molar-refractivity contribution is -0.385. The van der Waals surface area contributed by atoms with Gasteiger partial charge in [0.1, 0.15) is 5.15 Å². The standard InChI is InChI=1S/C11H7Cl2N3O3/c12-8-1-2-9(16(18)19)7(3-8)5-15-6-14-10(13)4-11(15)17/h1-4,6H,5H2. The first-order chi connectivity index (χ1) is 8.97. The molecule has 8 heteroatoms. The number of rotatable bonds is 3. The Balaban J connectivity index is 2.45. The Morgan fingerprint density at radius 3 is 2.68 bits per heavy atom. The first-order valence-electron chi connectivity index (χ1n) is 5.12. The molecular weight excluding hydrogens is 293 g/mol. The summed E-state index contributed by atoms with van der Waals surface area (Å²) in [5, 5.41) is 11.3. The molecule has 1 aromatic carbocycles. The highest BCUT2D eigenvalue weighted by atomic mass is 35.5. The molecule has 1 heterocycles. The van der Waals surface area contributed by atoms with Crippen LogP contribution >= 0.6 is 23.2 Å². The van der Waals surface area contributed by atoms with Gasteiger partial charge in [-0.3, -0.25) is 19.5 Å². The van der Waals surface area contributed by atoms with Crippen LogP contribution < -0.4 is 5.56 Å². The predicted molar refractivity (Wildman–Crippen MR) is 70.7 cm³/mol. The van der Waals surface area contributed by atoms with Crippen LogP contribution in [0.3, 0.4) is 0 Å². The number of nitrogens with zero attached hydrogens (tertiary/aromatic N) is 3. The van der Waals surface area contributed by atoms with E-state index in [1.807, 2.05) is 0 Å². The molecule has 19 heavy (non-hydrogen) atoms. The van der Waals surface area contributed by atoms with E-state index in [0.29, 0.717) is 10.6 Å². The summed E-state index contributed by atoms with van der Waals surface area (Å²) in [7, 11) is 0. The van der Waals surface area contributed by atoms with Crippen LogP contribution in [0.2, 0.25) is 10.2 Å². The highest BCUT2D eigenvalue weighted by Crippen LogP contribution is 2.23. The molecule has 0 aliphatic carbocycles. The van der Waals surface area contributed by atoms with Gasteiger partial charge in [-0.1, -0.05) is 23.2 Å². The van der Waals surface area contributed by atoms with Gasteiger partial charge in [0.15, 0.2) is 0 Å². The van der Waals surface area contributed by atoms with Crippen molar-refractivity contribution in [3.05, 3.63) is 66.8 Å². The summed E-state index contributed by atoms with van der Waals surface area (Å²) in [5.41, 5.74) is -0.177. The third kappa shape index (κ3) is 3.10. The lowest BCUT2D eigenvalue weighted by Gasteiger charge is -2.06. The van der Waals surface area contributed by atoms with Crippen molar-refractivity contribution in [2.45, 2.75) is 6.54 Å². The van der Waals surface area contributed by atoms with Crippen LogP contribution in [-0.2, 0) is 6.54 Å². The number of halogens is 2. The predicted octanol–water partition coefficient (Wildman–Crippen LogP) is 2.51. The minimum Gasteiger partial charge on any atom is -0.294 e. The molecule has 6 nitrogen and oxygen atoms in total. The van der Waals surface area contributed by atoms with Crippen molar-refractivity contribution in [2.24, 2.45) is 0 Å². The summed E-state index contributed by atoms with van der Waals surface area (Å²) in [5.74, 6) is 0. The molecule has 98 valence electrons. The van der Waals surface area contributed by atoms with E-state index < -0.39 is 10.5 Å². The van der Waals surface area contributed by atoms with Gasteiger partial charge in [-0.25, -0.2) is 4.98 Å². The lowest BCUT2D eigenvalue weighted by atomic mass is 10.2. The van der Waals surface area contributed by atoms with Crippen LogP contribution in [0.4, 0.5) is 5.69 Å². The number of benzene rings is 1. The SMILES string of the molecule is O=c1cc(Cl)ncn1Cc1cc(Cl)ccc1[N+](=O)[O-]. The van der Waals surface area contributed by atoms with E-state index in [1.54, 1.807) is 0 Å². The van der Waals surface area contributed by atoms with Gasteiger partial charge in [0.25, 0.3) is 11.2 Å². The number of nitro benzene ring substituents is 1. The Morgan fingerprint density at radius 1 is 1.32 bits per heavy atom. The third-order valence-electron chi connectivity index (χ3n) is 2.43. The first-order valence-corrected chi connectivity index (χ1v) is 5.88. The Morgan fingerprint density at radius 2 is 2.05 bits per heavy atom. The molecule has 0 atom stereocenters. The molecule has 0 aliphatic rings. The highest BCUT2D eigenvalue weighted by Gasteiger charge is 2.14. The highest BCUT2D eigenvalue weighted by molar-refractivity contribution is 6.30. The van der Waals surface area contributed by atoms with Crippen molar-refractivity contribution < 1.29 is 4.92 Å². The Bertz CT molecular complexity index is 700. The van der Waals surface area contributed by atoms with Gasteiger partial charge < -0.3 is 0 Å². The number of nitro groups is 1. The molecule has 2 aromatic rings. The molecule has 0 amide bonds. The van der Waals surface area contributed by atoms with Crippen molar-refractivity contribution in [2.75, 3.05) is 0 Å². The lowest BCUT2D eigenvalue weighted by Crippen LogP contribution is -2.20. The van der Waals surface area contributed by atoms with Gasteiger partial charge in [0.05, 0.1) is 23.4 Å². The van der Waals surface area contributed by atoms with E-state index >= 15 is 0 Å². The molecule has 0 bridgehead atoms. The second kappa shape index (κ2) is 5.38. The Hall–Kier alpha value is -1.92. The normalized spacial score (nSPS) is 10.4. The van der Waals surface area contributed by atoms with Gasteiger partial charge in [-0.05, 0) is 12.1 Å². The zero-order valence-corrected chi connectivity index (χ0v) is 10.9. The zero-order chi connectivity index (χ0) is 14.0. The molecule has 0 radical (unpaired) electrons. The number of hydrogen-bond acceptors (Lipinski definition) is 4. The average molecular weight is 300 g/mol. The van der Waals surface area contributed by atoms with E-state index in [4.69, 9.17) is 23.2 Å². The van der Waals surface area contributed by atoms with E-state index in [0.717, 1.165) is 6.07 Å². The van der Waals surface area contributed by atoms with Crippen LogP contribution in [0, 0.1) is 10.1 Å². The topological polar surface area (TPSA) is 78.0 Å². The third-order valence-corrected chi connectivity index (χ3v) is 2.87. The fourth-order valence-corrected chi connectivity index (χ4v) is 1.90. The smallest absolute Gasteiger partial charge is 0.274 e. The quantitative estimate of drug-likeness (QED) is 0.495. The van der Waals surface area contributed by atoms with Gasteiger partial charge in [0, 0.05) is 17.2 Å². The molecule has 2 rings (SSSR count). The Labute approximate surface area is 117 Å². The summed E-state index contributed by atoms with van der Waals surface area (Å²) >= 11 is 11.4. The molecule has 0 saturated heterocycles. The molecule has 0 N–H and O–H groups in total. The van der Waals surface area contributed by atoms with Gasteiger partial charge in [0.2, 0.25) is 0 Å². The molecule has 1 aromatic heterocycles. The van der Waals surface area contributed by atoms with E-state index in [-0.39, 0.29) is 17.4 Å². The molecule has 0 aliphatic heterocycles. The summed E-state index contributed by atoms with van der Waals surface area (Å²) in [6.45, 7) is -0.000123. The first kappa shape index (κ1) is 13.5. The monoisotopic (exact) mass is 299 g/mol. The van der Waals surface area contributed by atoms with E-state index in [1.165, 1.54) is 29.1 Å². The summed E-state index contributed by atoms with van der Waals surface area (Å²) in [4.78, 5) is 25.8. The fraction of sp³-hybridized carbons (Fsp3) is 0.0909. The van der Waals surface area contributed by atoms with Crippen molar-refractivity contribution in [3.8, 4) is 0 Å². The number of aromatic nitrogens is 2. The fourth-order valence-electron chi connectivity index (χ4n) is 1.56. The largest absolute Gasteiger partial charge is 0.294 e. The van der Waals surface area contributed by atoms with Crippen molar-refractivity contribution in [1.82, 2.24) is 9.55 Å². The summed E-state index contributed by atoms with van der Waals surface area (Å²) in [6.07, 6.45) is 1.23. The van der Waals surface area contributed by atoms with Crippen molar-refractivity contribution in [1.29, 1.82) is 0 Å². The zero-order valence-electron chi connectivity index (χ0n) is 9.42. The van der Waals surface area contributed by atoms with Gasteiger partial charge in [-0.15, -0.1) is 0 Å². The van der Waals surface area contributed by atoms with E-state index in [2.05, 4.69) is 4.98 Å². The maximum Gasteiger partial charge on any atom is 0.274 e. The summed E-state index contributed by atoms with van der Waals surface area (Å²) in [6, 6.07) is 5.30. The van der Waals surface area contributed by atoms with Crippen LogP contribution in [0.5, 0.6) is 0 Å². The molecule has 0 spiro atoms. The molecular formula is C11H7Cl2N3O3. The molecule has 0 unspecified atom stereocenters. The van der Waals surface area contributed by atoms with Crippen LogP contribution in [0.15, 0.2) is 35.4 Å². The van der Waals surface area contributed by atoms with Crippen molar-refractivity contribution >= 4 is 28.9 Å². The molecule has 0 saturated carbocycles. The van der Waals surface area contributed by atoms with Crippen molar-refractivity contribution in [3.63, 3.8) is 0 Å². The molecule has 0 fully saturated rings. The van der Waals surface area contributed by atoms with Gasteiger partial charge in [-0.2, -0.15) is 0 Å². The second-order valence-corrected chi connectivity index (χ2v) is 4.53. The number of hydrogen-bond donors (Lipinski definition) is 0. The van der Waals surface area contributed by atoms with Crippen LogP contribution in [0.25, 0.3) is 0 Å². The second-order valence-electron chi connectivity index (χ2n) is 3.71. The van der Waals surface area contributed by atoms with Crippen LogP contribution in [0.1, 0.15) is 5.56 Å². The minimum absolute atomic E-state index is 0.000123. The maximum atomic E-state index is 11.6. The average Bonchev–Trinajstić information content (AvgIpc) is 2.32. The Kier molecular flexibility index (Phi) is 3.82. The van der Waals surface area contributed by atoms with Crippen LogP contribution in [-0.4, -0.2) is 14.5 Å². The van der Waals surface area contributed by atoms with Gasteiger partial charge >= 0.3 is 0 Å². The van der Waals surface area contributed by atoms with E-state index in [9.17, 15) is 14.9 Å². The summed E-state index contributed by atoms with van der Waals surface area (Å²) < 4.78 is 1.21. The minimum atomic E-state index is -0.528. The maximum absolute atomic E-state index is 11.6.